The van der Waals surface area contributed by atoms with Gasteiger partial charge in [-0.05, 0) is 55.7 Å². The van der Waals surface area contributed by atoms with Gasteiger partial charge in [-0.3, -0.25) is 15.1 Å². The zero-order chi connectivity index (χ0) is 28.3. The van der Waals surface area contributed by atoms with Gasteiger partial charge in [-0.2, -0.15) is 5.10 Å². The maximum atomic E-state index is 13.1. The van der Waals surface area contributed by atoms with Crippen molar-refractivity contribution in [1.29, 1.82) is 0 Å². The van der Waals surface area contributed by atoms with Crippen LogP contribution in [-0.4, -0.2) is 88.1 Å². The standard InChI is InChI=1S/C29H32N8O4/c1-19-7-10-30-17-23(19)28(38)36-11-8-22(9-12-36)37-27-24(18-31-37)26(35-13-15-41-16-14-35)33-25(34-27)20-3-5-21(6-4-20)32-29(39)40-2/h3-7,10,17-18,22H,8-9,11-16H2,1-2H3,(H,32,39). The topological polar surface area (TPSA) is 128 Å². The predicted octanol–water partition coefficient (Wildman–Crippen LogP) is 3.69. The molecule has 0 unspecified atom stereocenters. The first-order valence-electron chi connectivity index (χ1n) is 13.7. The van der Waals surface area contributed by atoms with Crippen molar-refractivity contribution in [1.82, 2.24) is 29.6 Å². The molecular weight excluding hydrogens is 524 g/mol. The van der Waals surface area contributed by atoms with Crippen LogP contribution in [0.1, 0.15) is 34.8 Å². The van der Waals surface area contributed by atoms with Crippen LogP contribution in [0.3, 0.4) is 0 Å². The number of aryl methyl sites for hydroxylation is 1. The van der Waals surface area contributed by atoms with Gasteiger partial charge in [-0.1, -0.05) is 0 Å². The van der Waals surface area contributed by atoms with Crippen molar-refractivity contribution in [2.24, 2.45) is 0 Å². The molecule has 12 nitrogen and oxygen atoms in total. The lowest BCUT2D eigenvalue weighted by molar-refractivity contribution is 0.0690. The first kappa shape index (κ1) is 26.6. The number of carbonyl (C=O) groups excluding carboxylic acids is 2. The fraction of sp³-hybridized carbons (Fsp3) is 0.379. The molecule has 3 aromatic heterocycles. The van der Waals surface area contributed by atoms with Crippen molar-refractivity contribution in [3.05, 3.63) is 60.0 Å². The maximum absolute atomic E-state index is 13.1. The third-order valence-corrected chi connectivity index (χ3v) is 7.69. The Balaban J connectivity index is 1.30. The van der Waals surface area contributed by atoms with Crippen LogP contribution in [0.5, 0.6) is 0 Å². The quantitative estimate of drug-likeness (QED) is 0.391. The molecule has 2 amide bonds. The number of amides is 2. The largest absolute Gasteiger partial charge is 0.453 e. The summed E-state index contributed by atoms with van der Waals surface area (Å²) in [4.78, 5) is 43.0. The molecule has 1 N–H and O–H groups in total. The summed E-state index contributed by atoms with van der Waals surface area (Å²) in [6, 6.07) is 9.30. The molecule has 0 spiro atoms. The summed E-state index contributed by atoms with van der Waals surface area (Å²) >= 11 is 0. The number of likely N-dealkylation sites (tertiary alicyclic amines) is 1. The van der Waals surface area contributed by atoms with Gasteiger partial charge < -0.3 is 19.3 Å². The molecule has 41 heavy (non-hydrogen) atoms. The van der Waals surface area contributed by atoms with Crippen molar-refractivity contribution >= 4 is 34.5 Å². The number of methoxy groups -OCH3 is 1. The van der Waals surface area contributed by atoms with Gasteiger partial charge >= 0.3 is 6.09 Å². The molecule has 12 heteroatoms. The summed E-state index contributed by atoms with van der Waals surface area (Å²) < 4.78 is 12.3. The number of nitrogens with zero attached hydrogens (tertiary/aromatic N) is 7. The second-order valence-electron chi connectivity index (χ2n) is 10.2. The highest BCUT2D eigenvalue weighted by molar-refractivity contribution is 5.95. The van der Waals surface area contributed by atoms with Crippen LogP contribution >= 0.6 is 0 Å². The molecule has 5 heterocycles. The van der Waals surface area contributed by atoms with Crippen LogP contribution in [0.15, 0.2) is 48.9 Å². The monoisotopic (exact) mass is 556 g/mol. The summed E-state index contributed by atoms with van der Waals surface area (Å²) in [6.45, 7) is 5.91. The van der Waals surface area contributed by atoms with E-state index in [0.29, 0.717) is 43.4 Å². The van der Waals surface area contributed by atoms with E-state index in [2.05, 4.69) is 19.9 Å². The molecule has 0 saturated carbocycles. The third kappa shape index (κ3) is 5.42. The molecule has 1 aromatic carbocycles. The highest BCUT2D eigenvalue weighted by Gasteiger charge is 2.28. The molecule has 0 aliphatic carbocycles. The van der Waals surface area contributed by atoms with E-state index in [1.165, 1.54) is 7.11 Å². The predicted molar refractivity (Wildman–Crippen MR) is 153 cm³/mol. The van der Waals surface area contributed by atoms with Crippen LogP contribution in [0, 0.1) is 6.92 Å². The zero-order valence-corrected chi connectivity index (χ0v) is 23.1. The summed E-state index contributed by atoms with van der Waals surface area (Å²) in [5.74, 6) is 1.42. The molecule has 2 aliphatic heterocycles. The first-order chi connectivity index (χ1) is 20.0. The molecule has 2 fully saturated rings. The van der Waals surface area contributed by atoms with Gasteiger partial charge in [0.05, 0.1) is 43.5 Å². The lowest BCUT2D eigenvalue weighted by Crippen LogP contribution is -2.39. The van der Waals surface area contributed by atoms with Crippen molar-refractivity contribution in [2.75, 3.05) is 56.7 Å². The Morgan fingerprint density at radius 1 is 1.00 bits per heavy atom. The number of aromatic nitrogens is 5. The molecule has 212 valence electrons. The summed E-state index contributed by atoms with van der Waals surface area (Å²) in [6.07, 6.45) is 6.20. The molecule has 2 saturated heterocycles. The van der Waals surface area contributed by atoms with Gasteiger partial charge in [0.1, 0.15) is 5.82 Å². The summed E-state index contributed by atoms with van der Waals surface area (Å²) in [7, 11) is 1.33. The number of morpholine rings is 1. The second-order valence-corrected chi connectivity index (χ2v) is 10.2. The van der Waals surface area contributed by atoms with E-state index in [9.17, 15) is 9.59 Å². The normalized spacial score (nSPS) is 16.1. The Morgan fingerprint density at radius 2 is 1.76 bits per heavy atom. The van der Waals surface area contributed by atoms with Gasteiger partial charge in [-0.25, -0.2) is 19.4 Å². The van der Waals surface area contributed by atoms with E-state index in [0.717, 1.165) is 53.9 Å². The Bertz CT molecular complexity index is 1560. The number of carbonyl (C=O) groups is 2. The number of fused-ring (bicyclic) bond motifs is 1. The van der Waals surface area contributed by atoms with Crippen molar-refractivity contribution in [2.45, 2.75) is 25.8 Å². The van der Waals surface area contributed by atoms with E-state index < -0.39 is 6.09 Å². The number of hydrogen-bond donors (Lipinski definition) is 1. The van der Waals surface area contributed by atoms with Gasteiger partial charge in [0.25, 0.3) is 5.91 Å². The van der Waals surface area contributed by atoms with Crippen molar-refractivity contribution in [3.8, 4) is 11.4 Å². The number of rotatable bonds is 5. The molecule has 0 radical (unpaired) electrons. The number of anilines is 2. The minimum atomic E-state index is -0.530. The van der Waals surface area contributed by atoms with Crippen LogP contribution in [-0.2, 0) is 9.47 Å². The zero-order valence-electron chi connectivity index (χ0n) is 23.1. The van der Waals surface area contributed by atoms with Crippen molar-refractivity contribution in [3.63, 3.8) is 0 Å². The lowest BCUT2D eigenvalue weighted by Gasteiger charge is -2.32. The Morgan fingerprint density at radius 3 is 2.46 bits per heavy atom. The highest BCUT2D eigenvalue weighted by atomic mass is 16.5. The number of benzene rings is 1. The summed E-state index contributed by atoms with van der Waals surface area (Å²) in [5, 5.41) is 8.35. The molecular formula is C29H32N8O4. The van der Waals surface area contributed by atoms with Gasteiger partial charge in [0.2, 0.25) is 0 Å². The first-order valence-corrected chi connectivity index (χ1v) is 13.7. The van der Waals surface area contributed by atoms with E-state index >= 15 is 0 Å². The number of pyridine rings is 1. The van der Waals surface area contributed by atoms with Crippen molar-refractivity contribution < 1.29 is 19.1 Å². The van der Waals surface area contributed by atoms with Crippen LogP contribution in [0.4, 0.5) is 16.3 Å². The van der Waals surface area contributed by atoms with Gasteiger partial charge in [-0.15, -0.1) is 0 Å². The van der Waals surface area contributed by atoms with E-state index in [1.807, 2.05) is 40.9 Å². The highest BCUT2D eigenvalue weighted by Crippen LogP contribution is 2.32. The lowest BCUT2D eigenvalue weighted by atomic mass is 10.0. The SMILES string of the molecule is COC(=O)Nc1ccc(-c2nc(N3CCOCC3)c3cnn(C4CCN(C(=O)c5cnccc5C)CC4)c3n2)cc1. The van der Waals surface area contributed by atoms with Crippen LogP contribution < -0.4 is 10.2 Å². The van der Waals surface area contributed by atoms with E-state index in [4.69, 9.17) is 19.8 Å². The smallest absolute Gasteiger partial charge is 0.411 e. The van der Waals surface area contributed by atoms with Gasteiger partial charge in [0, 0.05) is 49.8 Å². The molecule has 0 bridgehead atoms. The average molecular weight is 557 g/mol. The molecule has 4 aromatic rings. The summed E-state index contributed by atoms with van der Waals surface area (Å²) in [5.41, 5.74) is 3.77. The average Bonchev–Trinajstić information content (AvgIpc) is 3.45. The second kappa shape index (κ2) is 11.5. The maximum Gasteiger partial charge on any atom is 0.411 e. The Labute approximate surface area is 237 Å². The molecule has 2 aliphatic rings. The number of hydrogen-bond acceptors (Lipinski definition) is 9. The minimum Gasteiger partial charge on any atom is -0.453 e. The third-order valence-electron chi connectivity index (χ3n) is 7.69. The molecule has 0 atom stereocenters. The Kier molecular flexibility index (Phi) is 7.47. The minimum absolute atomic E-state index is 0.0173. The molecule has 6 rings (SSSR count). The van der Waals surface area contributed by atoms with E-state index in [-0.39, 0.29) is 11.9 Å². The number of nitrogens with one attached hydrogen (secondary N) is 1. The van der Waals surface area contributed by atoms with Crippen LogP contribution in [0.25, 0.3) is 22.4 Å². The fourth-order valence-corrected chi connectivity index (χ4v) is 5.37. The van der Waals surface area contributed by atoms with Gasteiger partial charge in [0.15, 0.2) is 11.5 Å². The fourth-order valence-electron chi connectivity index (χ4n) is 5.37. The number of ether oxygens (including phenoxy) is 2. The number of piperidine rings is 1. The Hall–Kier alpha value is -4.58. The van der Waals surface area contributed by atoms with E-state index in [1.54, 1.807) is 24.5 Å². The van der Waals surface area contributed by atoms with Crippen LogP contribution in [0.2, 0.25) is 0 Å².